The van der Waals surface area contributed by atoms with Gasteiger partial charge in [0.15, 0.2) is 0 Å². The SMILES string of the molecule is Cc1ncsc1-c1ccc(CNC(=O)[C@@H]2C[C@@H](O)CN2C(=O)[C@@H](NC(=O)CCCC(O)NCCCCn2cnc(-c3cnc(OC4CCN(C(=O)Cc5ccc(OC(F)(F)F)cc5)CC4)c(C(N)=O)c3)c2)C(C)(C)C)cc1. The Morgan fingerprint density at radius 3 is 2.31 bits per heavy atom. The lowest BCUT2D eigenvalue weighted by Crippen LogP contribution is -2.57. The number of unbranched alkanes of at least 4 members (excludes halogenated alkanes) is 1. The van der Waals surface area contributed by atoms with Crippen LogP contribution >= 0.6 is 11.3 Å². The molecular weight excluding hydrogens is 1020 g/mol. The number of thiazole rings is 1. The summed E-state index contributed by atoms with van der Waals surface area (Å²) in [4.78, 5) is 83.5. The van der Waals surface area contributed by atoms with Gasteiger partial charge in [-0.05, 0) is 79.5 Å². The molecule has 7 N–H and O–H groups in total. The number of benzene rings is 2. The Balaban J connectivity index is 0.789. The summed E-state index contributed by atoms with van der Waals surface area (Å²) in [7, 11) is 0. The summed E-state index contributed by atoms with van der Waals surface area (Å²) < 4.78 is 49.4. The van der Waals surface area contributed by atoms with E-state index >= 15 is 0 Å². The summed E-state index contributed by atoms with van der Waals surface area (Å²) in [5.41, 5.74) is 11.4. The van der Waals surface area contributed by atoms with Crippen LogP contribution in [0.1, 0.15) is 99.3 Å². The number of aliphatic hydroxyl groups excluding tert-OH is 2. The number of aromatic nitrogens is 4. The van der Waals surface area contributed by atoms with Gasteiger partial charge in [-0.3, -0.25) is 29.3 Å². The van der Waals surface area contributed by atoms with Crippen LogP contribution in [0.25, 0.3) is 21.7 Å². The van der Waals surface area contributed by atoms with E-state index in [4.69, 9.17) is 10.5 Å². The quantitative estimate of drug-likeness (QED) is 0.0342. The highest BCUT2D eigenvalue weighted by Gasteiger charge is 2.44. The van der Waals surface area contributed by atoms with Gasteiger partial charge in [0.1, 0.15) is 35.7 Å². The van der Waals surface area contributed by atoms with Crippen LogP contribution in [0.15, 0.2) is 78.8 Å². The second-order valence-electron chi connectivity index (χ2n) is 20.5. The topological polar surface area (TPSA) is 256 Å². The number of aryl methyl sites for hydroxylation is 2. The zero-order valence-corrected chi connectivity index (χ0v) is 44.4. The first-order valence-electron chi connectivity index (χ1n) is 25.7. The summed E-state index contributed by atoms with van der Waals surface area (Å²) in [6, 6.07) is 12.7. The van der Waals surface area contributed by atoms with E-state index in [0.717, 1.165) is 34.5 Å². The molecule has 23 heteroatoms. The number of imidazole rings is 1. The zero-order valence-electron chi connectivity index (χ0n) is 43.6. The van der Waals surface area contributed by atoms with Gasteiger partial charge in [-0.2, -0.15) is 0 Å². The lowest BCUT2D eigenvalue weighted by atomic mass is 9.85. The average molecular weight is 1090 g/mol. The number of ether oxygens (including phenoxy) is 2. The summed E-state index contributed by atoms with van der Waals surface area (Å²) in [5.74, 6) is -2.42. The molecule has 19 nitrogen and oxygen atoms in total. The first-order chi connectivity index (χ1) is 36.6. The van der Waals surface area contributed by atoms with Crippen LogP contribution in [-0.4, -0.2) is 132 Å². The van der Waals surface area contributed by atoms with E-state index in [1.165, 1.54) is 29.2 Å². The molecule has 0 bridgehead atoms. The van der Waals surface area contributed by atoms with Crippen molar-refractivity contribution in [2.75, 3.05) is 26.2 Å². The lowest BCUT2D eigenvalue weighted by molar-refractivity contribution is -0.274. The molecule has 0 radical (unpaired) electrons. The fourth-order valence-corrected chi connectivity index (χ4v) is 10.0. The molecule has 3 aromatic heterocycles. The van der Waals surface area contributed by atoms with E-state index in [0.29, 0.717) is 68.7 Å². The van der Waals surface area contributed by atoms with Crippen molar-refractivity contribution in [2.45, 2.75) is 135 Å². The molecule has 7 rings (SSSR count). The highest BCUT2D eigenvalue weighted by Crippen LogP contribution is 2.30. The summed E-state index contributed by atoms with van der Waals surface area (Å²) in [6.07, 6.45) is 1.29. The minimum atomic E-state index is -4.81. The van der Waals surface area contributed by atoms with Gasteiger partial charge in [0.2, 0.25) is 29.5 Å². The largest absolute Gasteiger partial charge is 0.573 e. The number of carbonyl (C=O) groups is 5. The zero-order chi connectivity index (χ0) is 55.4. The van der Waals surface area contributed by atoms with Gasteiger partial charge in [-0.15, -0.1) is 24.5 Å². The molecule has 77 heavy (non-hydrogen) atoms. The number of nitrogens with one attached hydrogen (secondary N) is 3. The van der Waals surface area contributed by atoms with Gasteiger partial charge in [0.25, 0.3) is 5.91 Å². The van der Waals surface area contributed by atoms with Crippen molar-refractivity contribution < 1.29 is 56.8 Å². The van der Waals surface area contributed by atoms with Gasteiger partial charge in [-0.25, -0.2) is 15.0 Å². The van der Waals surface area contributed by atoms with Crippen LogP contribution in [0.4, 0.5) is 13.2 Å². The van der Waals surface area contributed by atoms with Gasteiger partial charge < -0.3 is 50.4 Å². The number of alkyl halides is 3. The maximum atomic E-state index is 14.0. The number of piperidine rings is 1. The molecule has 2 aromatic carbocycles. The van der Waals surface area contributed by atoms with Gasteiger partial charge >= 0.3 is 6.36 Å². The van der Waals surface area contributed by atoms with Crippen molar-refractivity contribution in [1.82, 2.24) is 45.3 Å². The number of likely N-dealkylation sites (tertiary alicyclic amines) is 2. The van der Waals surface area contributed by atoms with Gasteiger partial charge in [0.05, 0.1) is 40.6 Å². The van der Waals surface area contributed by atoms with Gasteiger partial charge in [0, 0.05) is 76.4 Å². The van der Waals surface area contributed by atoms with E-state index < -0.39 is 48.0 Å². The molecule has 0 aliphatic carbocycles. The average Bonchev–Trinajstić information content (AvgIpc) is 4.16. The summed E-state index contributed by atoms with van der Waals surface area (Å²) in [5, 5.41) is 30.1. The molecule has 5 amide bonds. The van der Waals surface area contributed by atoms with Crippen LogP contribution in [0.5, 0.6) is 11.6 Å². The molecule has 2 fully saturated rings. The Bertz CT molecular complexity index is 2810. The predicted molar refractivity (Wildman–Crippen MR) is 280 cm³/mol. The number of β-amino-alcohol motifs (C(OH)–C–C–N with tert-alkyl or cyclic N) is 1. The fourth-order valence-electron chi connectivity index (χ4n) is 9.23. The van der Waals surface area contributed by atoms with Crippen LogP contribution in [0, 0.1) is 12.3 Å². The molecule has 2 saturated heterocycles. The van der Waals surface area contributed by atoms with Crippen molar-refractivity contribution >= 4 is 40.9 Å². The third-order valence-corrected chi connectivity index (χ3v) is 14.4. The number of halogens is 3. The Morgan fingerprint density at radius 2 is 1.65 bits per heavy atom. The van der Waals surface area contributed by atoms with Crippen molar-refractivity contribution in [3.8, 4) is 33.3 Å². The maximum Gasteiger partial charge on any atom is 0.573 e. The van der Waals surface area contributed by atoms with E-state index in [9.17, 15) is 47.4 Å². The molecule has 2 aliphatic rings. The fraction of sp³-hybridized carbons (Fsp3) is 0.481. The number of primary amides is 1. The standard InChI is InChI=1S/C54H67F3N10O9S/c1-33-47(77-32-63-33)36-14-10-35(11-15-36)27-60-50(73)43-26-38(68)29-67(43)52(74)48(53(2,3)4)64-45(70)9-7-8-44(69)59-20-5-6-21-65-30-42(62-31-65)37-25-41(49(58)72)51(61-28-37)75-39-18-22-66(23-19-39)46(71)24-34-12-16-40(17-13-34)76-54(55,56)57/h10-17,25,28,30-32,38-39,43-44,48,59,68-69H,5-9,18-24,26-27,29H2,1-4H3,(H2,58,72)(H,60,73)(H,64,70)/t38-,43+,44?,48-/m1/s1. The molecular formula is C54H67F3N10O9S. The van der Waals surface area contributed by atoms with Crippen LogP contribution in [-0.2, 0) is 38.7 Å². The van der Waals surface area contributed by atoms with Crippen molar-refractivity contribution in [1.29, 1.82) is 0 Å². The molecule has 5 aromatic rings. The first kappa shape index (κ1) is 57.7. The minimum Gasteiger partial charge on any atom is -0.474 e. The second-order valence-corrected chi connectivity index (χ2v) is 21.4. The Hall–Kier alpha value is -6.95. The monoisotopic (exact) mass is 1090 g/mol. The number of hydrogen-bond donors (Lipinski definition) is 6. The highest BCUT2D eigenvalue weighted by molar-refractivity contribution is 7.13. The molecule has 414 valence electrons. The van der Waals surface area contributed by atoms with Gasteiger partial charge in [-0.1, -0.05) is 57.2 Å². The number of pyridine rings is 1. The first-order valence-corrected chi connectivity index (χ1v) is 26.6. The highest BCUT2D eigenvalue weighted by atomic mass is 32.1. The number of carbonyl (C=O) groups excluding carboxylic acids is 5. The lowest BCUT2D eigenvalue weighted by Gasteiger charge is -2.35. The van der Waals surface area contributed by atoms with E-state index in [2.05, 4.69) is 35.6 Å². The smallest absolute Gasteiger partial charge is 0.474 e. The molecule has 2 aliphatic heterocycles. The molecule has 5 heterocycles. The molecule has 0 spiro atoms. The molecule has 4 atom stereocenters. The molecule has 0 saturated carbocycles. The van der Waals surface area contributed by atoms with E-state index in [1.807, 2.05) is 62.7 Å². The summed E-state index contributed by atoms with van der Waals surface area (Å²) in [6.45, 7) is 9.50. The Morgan fingerprint density at radius 1 is 0.935 bits per heavy atom. The van der Waals surface area contributed by atoms with Crippen molar-refractivity contribution in [3.63, 3.8) is 0 Å². The van der Waals surface area contributed by atoms with Crippen LogP contribution in [0.3, 0.4) is 0 Å². The number of aliphatic hydroxyl groups is 2. The number of rotatable bonds is 23. The number of nitrogens with zero attached hydrogens (tertiary/aromatic N) is 6. The van der Waals surface area contributed by atoms with E-state index in [1.54, 1.807) is 40.3 Å². The number of hydrogen-bond acceptors (Lipinski definition) is 14. The van der Waals surface area contributed by atoms with Crippen LogP contribution < -0.4 is 31.2 Å². The normalized spacial score (nSPS) is 16.9. The summed E-state index contributed by atoms with van der Waals surface area (Å²) >= 11 is 1.56. The third-order valence-electron chi connectivity index (χ3n) is 13.4. The van der Waals surface area contributed by atoms with Crippen molar-refractivity contribution in [2.24, 2.45) is 11.1 Å². The number of amides is 5. The Labute approximate surface area is 448 Å². The van der Waals surface area contributed by atoms with Crippen molar-refractivity contribution in [3.05, 3.63) is 101 Å². The van der Waals surface area contributed by atoms with Crippen LogP contribution in [0.2, 0.25) is 0 Å². The second kappa shape index (κ2) is 25.9. The molecule has 1 unspecified atom stereocenters. The minimum absolute atomic E-state index is 0.0102. The third kappa shape index (κ3) is 16.5. The van der Waals surface area contributed by atoms with E-state index in [-0.39, 0.29) is 73.4 Å². The maximum absolute atomic E-state index is 14.0. The number of nitrogens with two attached hydrogens (primary N) is 1. The Kier molecular flexibility index (Phi) is 19.4. The predicted octanol–water partition coefficient (Wildman–Crippen LogP) is 5.65.